The van der Waals surface area contributed by atoms with Crippen molar-refractivity contribution >= 4 is 5.96 Å². The van der Waals surface area contributed by atoms with Gasteiger partial charge >= 0.3 is 6.18 Å². The number of nitrogens with zero attached hydrogens (tertiary/aromatic N) is 2. The van der Waals surface area contributed by atoms with Gasteiger partial charge in [-0.1, -0.05) is 11.8 Å². The molecule has 1 fully saturated rings. The first-order chi connectivity index (χ1) is 9.88. The zero-order valence-corrected chi connectivity index (χ0v) is 11.6. The molecule has 2 N–H and O–H groups in total. The Morgan fingerprint density at radius 2 is 1.95 bits per heavy atom. The molecule has 0 aromatic heterocycles. The monoisotopic (exact) mass is 295 g/mol. The summed E-state index contributed by atoms with van der Waals surface area (Å²) in [6, 6.07) is 5.21. The highest BCUT2D eigenvalue weighted by atomic mass is 19.4. The van der Waals surface area contributed by atoms with Crippen molar-refractivity contribution in [3.05, 3.63) is 35.4 Å². The van der Waals surface area contributed by atoms with E-state index in [-0.39, 0.29) is 6.54 Å². The third-order valence-electron chi connectivity index (χ3n) is 3.22. The number of alkyl halides is 3. The number of aliphatic imine (C=N–C) groups is 1. The normalized spacial score (nSPS) is 15.3. The molecule has 0 spiro atoms. The summed E-state index contributed by atoms with van der Waals surface area (Å²) in [4.78, 5) is 6.04. The number of hydrogen-bond acceptors (Lipinski definition) is 1. The topological polar surface area (TPSA) is 41.6 Å². The molecule has 0 bridgehead atoms. The molecule has 2 rings (SSSR count). The molecule has 0 unspecified atom stereocenters. The van der Waals surface area contributed by atoms with Crippen molar-refractivity contribution in [2.75, 3.05) is 13.6 Å². The highest BCUT2D eigenvalue weighted by Crippen LogP contribution is 2.28. The first kappa shape index (κ1) is 15.2. The van der Waals surface area contributed by atoms with Crippen LogP contribution >= 0.6 is 0 Å². The standard InChI is InChI=1S/C15H16F3N3/c1-21(13-8-9-13)14(19)20-10-2-3-11-4-6-12(7-5-11)15(16,17)18/h4-7,13H,8-10H2,1H3,(H2,19,20). The van der Waals surface area contributed by atoms with Gasteiger partial charge in [-0.25, -0.2) is 4.99 Å². The smallest absolute Gasteiger partial charge is 0.370 e. The van der Waals surface area contributed by atoms with E-state index in [1.807, 2.05) is 11.9 Å². The maximum absolute atomic E-state index is 12.4. The van der Waals surface area contributed by atoms with Gasteiger partial charge in [0.2, 0.25) is 0 Å². The number of guanidine groups is 1. The van der Waals surface area contributed by atoms with E-state index in [2.05, 4.69) is 16.8 Å². The predicted octanol–water partition coefficient (Wildman–Crippen LogP) is 2.47. The lowest BCUT2D eigenvalue weighted by Crippen LogP contribution is -2.35. The van der Waals surface area contributed by atoms with Gasteiger partial charge in [0.15, 0.2) is 5.96 Å². The van der Waals surface area contributed by atoms with Gasteiger partial charge < -0.3 is 10.6 Å². The largest absolute Gasteiger partial charge is 0.416 e. The fourth-order valence-corrected chi connectivity index (χ4v) is 1.77. The van der Waals surface area contributed by atoms with Crippen molar-refractivity contribution in [1.82, 2.24) is 4.90 Å². The van der Waals surface area contributed by atoms with Crippen LogP contribution in [0.15, 0.2) is 29.3 Å². The van der Waals surface area contributed by atoms with Crippen molar-refractivity contribution in [2.45, 2.75) is 25.1 Å². The SMILES string of the molecule is CN(C(N)=NCC#Cc1ccc(C(F)(F)F)cc1)C1CC1. The van der Waals surface area contributed by atoms with E-state index in [1.54, 1.807) is 0 Å². The van der Waals surface area contributed by atoms with Gasteiger partial charge in [-0.2, -0.15) is 13.2 Å². The summed E-state index contributed by atoms with van der Waals surface area (Å²) in [5.41, 5.74) is 5.63. The average Bonchev–Trinajstić information content (AvgIpc) is 3.26. The van der Waals surface area contributed by atoms with Crippen LogP contribution in [-0.2, 0) is 6.18 Å². The van der Waals surface area contributed by atoms with Crippen molar-refractivity contribution < 1.29 is 13.2 Å². The molecule has 112 valence electrons. The second kappa shape index (κ2) is 6.08. The van der Waals surface area contributed by atoms with Crippen LogP contribution in [0.1, 0.15) is 24.0 Å². The fourth-order valence-electron chi connectivity index (χ4n) is 1.77. The predicted molar refractivity (Wildman–Crippen MR) is 75.6 cm³/mol. The number of halogens is 3. The number of rotatable bonds is 2. The molecule has 0 saturated heterocycles. The van der Waals surface area contributed by atoms with Crippen molar-refractivity contribution in [1.29, 1.82) is 0 Å². The summed E-state index contributed by atoms with van der Waals surface area (Å²) in [6.45, 7) is 0.226. The van der Waals surface area contributed by atoms with Crippen molar-refractivity contribution in [2.24, 2.45) is 10.7 Å². The molecule has 1 saturated carbocycles. The summed E-state index contributed by atoms with van der Waals surface area (Å²) >= 11 is 0. The molecule has 0 atom stereocenters. The quantitative estimate of drug-likeness (QED) is 0.517. The number of hydrogen-bond donors (Lipinski definition) is 1. The number of benzene rings is 1. The van der Waals surface area contributed by atoms with Gasteiger partial charge in [-0.05, 0) is 37.1 Å². The van der Waals surface area contributed by atoms with E-state index >= 15 is 0 Å². The van der Waals surface area contributed by atoms with E-state index < -0.39 is 11.7 Å². The lowest BCUT2D eigenvalue weighted by molar-refractivity contribution is -0.137. The van der Waals surface area contributed by atoms with Crippen LogP contribution in [0.25, 0.3) is 0 Å². The van der Waals surface area contributed by atoms with Crippen LogP contribution < -0.4 is 5.73 Å². The zero-order valence-electron chi connectivity index (χ0n) is 11.6. The van der Waals surface area contributed by atoms with Crippen LogP contribution in [0.2, 0.25) is 0 Å². The fraction of sp³-hybridized carbons (Fsp3) is 0.400. The van der Waals surface area contributed by atoms with Crippen LogP contribution in [-0.4, -0.2) is 30.5 Å². The second-order valence-electron chi connectivity index (χ2n) is 4.89. The Kier molecular flexibility index (Phi) is 4.41. The van der Waals surface area contributed by atoms with Crippen LogP contribution in [0.4, 0.5) is 13.2 Å². The van der Waals surface area contributed by atoms with Gasteiger partial charge in [0, 0.05) is 18.7 Å². The minimum absolute atomic E-state index is 0.226. The van der Waals surface area contributed by atoms with E-state index in [9.17, 15) is 13.2 Å². The van der Waals surface area contributed by atoms with Crippen molar-refractivity contribution in [3.8, 4) is 11.8 Å². The molecule has 1 aromatic rings. The Balaban J connectivity index is 1.92. The van der Waals surface area contributed by atoms with Crippen LogP contribution in [0.5, 0.6) is 0 Å². The first-order valence-corrected chi connectivity index (χ1v) is 6.57. The second-order valence-corrected chi connectivity index (χ2v) is 4.89. The molecule has 6 heteroatoms. The van der Waals surface area contributed by atoms with Crippen molar-refractivity contribution in [3.63, 3.8) is 0 Å². The first-order valence-electron chi connectivity index (χ1n) is 6.57. The van der Waals surface area contributed by atoms with E-state index in [0.29, 0.717) is 17.6 Å². The van der Waals surface area contributed by atoms with Crippen LogP contribution in [0.3, 0.4) is 0 Å². The lowest BCUT2D eigenvalue weighted by atomic mass is 10.1. The Labute approximate surface area is 121 Å². The molecule has 0 heterocycles. The van der Waals surface area contributed by atoms with E-state index in [1.165, 1.54) is 12.1 Å². The molecule has 1 aliphatic rings. The zero-order chi connectivity index (χ0) is 15.5. The Hall–Kier alpha value is -2.16. The molecule has 1 aromatic carbocycles. The van der Waals surface area contributed by atoms with Gasteiger partial charge in [0.05, 0.1) is 5.56 Å². The minimum atomic E-state index is -4.32. The van der Waals surface area contributed by atoms with E-state index in [0.717, 1.165) is 25.0 Å². The summed E-state index contributed by atoms with van der Waals surface area (Å²) in [7, 11) is 1.89. The molecule has 3 nitrogen and oxygen atoms in total. The lowest BCUT2D eigenvalue weighted by Gasteiger charge is -2.16. The molecular weight excluding hydrogens is 279 g/mol. The summed E-state index contributed by atoms with van der Waals surface area (Å²) < 4.78 is 37.2. The van der Waals surface area contributed by atoms with E-state index in [4.69, 9.17) is 5.73 Å². The molecule has 21 heavy (non-hydrogen) atoms. The van der Waals surface area contributed by atoms with Gasteiger partial charge in [-0.15, -0.1) is 0 Å². The van der Waals surface area contributed by atoms with Gasteiger partial charge in [0.25, 0.3) is 0 Å². The summed E-state index contributed by atoms with van der Waals surface area (Å²) in [5.74, 6) is 5.99. The third kappa shape index (κ3) is 4.42. The maximum atomic E-state index is 12.4. The average molecular weight is 295 g/mol. The third-order valence-corrected chi connectivity index (χ3v) is 3.22. The molecule has 0 aliphatic heterocycles. The summed E-state index contributed by atoms with van der Waals surface area (Å²) in [6.07, 6.45) is -2.06. The Bertz CT molecular complexity index is 575. The highest BCUT2D eigenvalue weighted by Gasteiger charge is 2.29. The van der Waals surface area contributed by atoms with Gasteiger partial charge in [0.1, 0.15) is 6.54 Å². The molecular formula is C15H16F3N3. The summed E-state index contributed by atoms with van der Waals surface area (Å²) in [5, 5.41) is 0. The highest BCUT2D eigenvalue weighted by molar-refractivity contribution is 5.78. The maximum Gasteiger partial charge on any atom is 0.416 e. The molecule has 0 amide bonds. The van der Waals surface area contributed by atoms with Crippen LogP contribution in [0, 0.1) is 11.8 Å². The molecule has 1 aliphatic carbocycles. The molecule has 0 radical (unpaired) electrons. The minimum Gasteiger partial charge on any atom is -0.370 e. The van der Waals surface area contributed by atoms with Gasteiger partial charge in [-0.3, -0.25) is 0 Å². The Morgan fingerprint density at radius 1 is 1.33 bits per heavy atom. The number of nitrogens with two attached hydrogens (primary N) is 1. The Morgan fingerprint density at radius 3 is 2.48 bits per heavy atom.